The van der Waals surface area contributed by atoms with Crippen molar-refractivity contribution < 1.29 is 18.3 Å². The molecule has 8 heteroatoms. The van der Waals surface area contributed by atoms with Crippen molar-refractivity contribution in [2.45, 2.75) is 47.6 Å². The smallest absolute Gasteiger partial charge is 0.252 e. The standard InChI is InChI=1S/C19H21ClN2O4S/c20-16-8-7-14(27(25,26)17-6-2-5-11-21-17)12-15(16)18(23)22-13-19(24)9-3-1-4-10-19/h2,5-8,11-12,24H,1,3-4,9-10,13H2,(H,22,23). The topological polar surface area (TPSA) is 96.4 Å². The molecule has 144 valence electrons. The molecule has 6 nitrogen and oxygen atoms in total. The molecular formula is C19H21ClN2O4S. The molecule has 0 unspecified atom stereocenters. The van der Waals surface area contributed by atoms with Crippen LogP contribution in [0.5, 0.6) is 0 Å². The third-order valence-corrected chi connectivity index (χ3v) is 6.76. The summed E-state index contributed by atoms with van der Waals surface area (Å²) in [6.45, 7) is 0.110. The summed E-state index contributed by atoms with van der Waals surface area (Å²) >= 11 is 6.11. The summed E-state index contributed by atoms with van der Waals surface area (Å²) in [4.78, 5) is 16.4. The van der Waals surface area contributed by atoms with E-state index in [1.807, 2.05) is 0 Å². The van der Waals surface area contributed by atoms with Gasteiger partial charge in [0.2, 0.25) is 9.84 Å². The van der Waals surface area contributed by atoms with Gasteiger partial charge in [-0.15, -0.1) is 0 Å². The molecule has 1 aliphatic rings. The molecule has 0 saturated heterocycles. The quantitative estimate of drug-likeness (QED) is 0.792. The lowest BCUT2D eigenvalue weighted by molar-refractivity contribution is 0.00525. The van der Waals surface area contributed by atoms with E-state index in [4.69, 9.17) is 11.6 Å². The molecule has 1 aliphatic carbocycles. The second-order valence-corrected chi connectivity index (χ2v) is 9.08. The summed E-state index contributed by atoms with van der Waals surface area (Å²) in [7, 11) is -3.86. The summed E-state index contributed by atoms with van der Waals surface area (Å²) < 4.78 is 25.4. The Labute approximate surface area is 163 Å². The van der Waals surface area contributed by atoms with Crippen LogP contribution in [0.3, 0.4) is 0 Å². The first-order chi connectivity index (χ1) is 12.8. The molecule has 1 saturated carbocycles. The van der Waals surface area contributed by atoms with Gasteiger partial charge in [0, 0.05) is 12.7 Å². The lowest BCUT2D eigenvalue weighted by Crippen LogP contribution is -2.44. The molecule has 0 spiro atoms. The van der Waals surface area contributed by atoms with Gasteiger partial charge < -0.3 is 10.4 Å². The number of aromatic nitrogens is 1. The number of carbonyl (C=O) groups excluding carboxylic acids is 1. The molecule has 1 fully saturated rings. The van der Waals surface area contributed by atoms with E-state index in [0.29, 0.717) is 12.8 Å². The zero-order chi connectivity index (χ0) is 19.5. The van der Waals surface area contributed by atoms with Crippen molar-refractivity contribution >= 4 is 27.3 Å². The maximum Gasteiger partial charge on any atom is 0.252 e. The second kappa shape index (κ2) is 7.96. The number of rotatable bonds is 5. The van der Waals surface area contributed by atoms with Crippen molar-refractivity contribution in [2.75, 3.05) is 6.54 Å². The minimum absolute atomic E-state index is 0.0492. The third kappa shape index (κ3) is 4.48. The van der Waals surface area contributed by atoms with E-state index in [1.54, 1.807) is 12.1 Å². The normalized spacial score (nSPS) is 16.7. The van der Waals surface area contributed by atoms with Crippen LogP contribution in [-0.4, -0.2) is 36.6 Å². The van der Waals surface area contributed by atoms with E-state index in [-0.39, 0.29) is 27.1 Å². The minimum atomic E-state index is -3.86. The number of sulfone groups is 1. The van der Waals surface area contributed by atoms with E-state index in [9.17, 15) is 18.3 Å². The molecule has 2 aromatic rings. The van der Waals surface area contributed by atoms with E-state index in [0.717, 1.165) is 19.3 Å². The first-order valence-electron chi connectivity index (χ1n) is 8.78. The molecule has 27 heavy (non-hydrogen) atoms. The maximum atomic E-state index is 12.7. The highest BCUT2D eigenvalue weighted by atomic mass is 35.5. The monoisotopic (exact) mass is 408 g/mol. The first kappa shape index (κ1) is 19.8. The molecule has 0 aliphatic heterocycles. The van der Waals surface area contributed by atoms with Crippen molar-refractivity contribution in [3.8, 4) is 0 Å². The summed E-state index contributed by atoms with van der Waals surface area (Å²) in [5.41, 5.74) is -0.869. The number of hydrogen-bond donors (Lipinski definition) is 2. The van der Waals surface area contributed by atoms with Gasteiger partial charge in [0.25, 0.3) is 5.91 Å². The van der Waals surface area contributed by atoms with Crippen LogP contribution in [0.1, 0.15) is 42.5 Å². The van der Waals surface area contributed by atoms with Gasteiger partial charge in [-0.1, -0.05) is 36.9 Å². The third-order valence-electron chi connectivity index (χ3n) is 4.77. The van der Waals surface area contributed by atoms with Crippen molar-refractivity contribution in [1.29, 1.82) is 0 Å². The van der Waals surface area contributed by atoms with E-state index in [1.165, 1.54) is 30.5 Å². The van der Waals surface area contributed by atoms with Crippen molar-refractivity contribution in [3.05, 3.63) is 53.2 Å². The molecule has 3 rings (SSSR count). The highest BCUT2D eigenvalue weighted by Crippen LogP contribution is 2.28. The van der Waals surface area contributed by atoms with Crippen molar-refractivity contribution in [1.82, 2.24) is 10.3 Å². The summed E-state index contributed by atoms with van der Waals surface area (Å²) in [6, 6.07) is 8.55. The number of amides is 1. The van der Waals surface area contributed by atoms with Crippen LogP contribution in [0.15, 0.2) is 52.5 Å². The zero-order valence-corrected chi connectivity index (χ0v) is 16.3. The first-order valence-corrected chi connectivity index (χ1v) is 10.6. The van der Waals surface area contributed by atoms with Gasteiger partial charge in [-0.25, -0.2) is 13.4 Å². The summed E-state index contributed by atoms with van der Waals surface area (Å²) in [5.74, 6) is -0.517. The van der Waals surface area contributed by atoms with Gasteiger partial charge in [0.05, 0.1) is 21.1 Å². The average molecular weight is 409 g/mol. The SMILES string of the molecule is O=C(NCC1(O)CCCCC1)c1cc(S(=O)(=O)c2ccccn2)ccc1Cl. The molecule has 0 bridgehead atoms. The molecule has 2 N–H and O–H groups in total. The maximum absolute atomic E-state index is 12.7. The van der Waals surface area contributed by atoms with Gasteiger partial charge in [0.15, 0.2) is 5.03 Å². The minimum Gasteiger partial charge on any atom is -0.388 e. The second-order valence-electron chi connectivity index (χ2n) is 6.78. The predicted octanol–water partition coefficient (Wildman–Crippen LogP) is 2.99. The Kier molecular flexibility index (Phi) is 5.83. The van der Waals surface area contributed by atoms with Crippen molar-refractivity contribution in [3.63, 3.8) is 0 Å². The molecule has 1 heterocycles. The average Bonchev–Trinajstić information content (AvgIpc) is 2.67. The van der Waals surface area contributed by atoms with Crippen LogP contribution in [0, 0.1) is 0 Å². The lowest BCUT2D eigenvalue weighted by Gasteiger charge is -2.32. The van der Waals surface area contributed by atoms with Crippen LogP contribution in [-0.2, 0) is 9.84 Å². The van der Waals surface area contributed by atoms with Crippen molar-refractivity contribution in [2.24, 2.45) is 0 Å². The fourth-order valence-electron chi connectivity index (χ4n) is 3.20. The van der Waals surface area contributed by atoms with E-state index in [2.05, 4.69) is 10.3 Å². The zero-order valence-electron chi connectivity index (χ0n) is 14.7. The Bertz CT molecular complexity index is 926. The highest BCUT2D eigenvalue weighted by molar-refractivity contribution is 7.91. The highest BCUT2D eigenvalue weighted by Gasteiger charge is 2.30. The lowest BCUT2D eigenvalue weighted by atomic mass is 9.85. The number of nitrogens with one attached hydrogen (secondary N) is 1. The Balaban J connectivity index is 1.82. The molecular weight excluding hydrogens is 388 g/mol. The van der Waals surface area contributed by atoms with Gasteiger partial charge >= 0.3 is 0 Å². The number of pyridine rings is 1. The van der Waals surface area contributed by atoms with E-state index < -0.39 is 21.3 Å². The largest absolute Gasteiger partial charge is 0.388 e. The Morgan fingerprint density at radius 3 is 2.59 bits per heavy atom. The van der Waals surface area contributed by atoms with Crippen LogP contribution >= 0.6 is 11.6 Å². The van der Waals surface area contributed by atoms with Crippen LogP contribution in [0.4, 0.5) is 0 Å². The van der Waals surface area contributed by atoms with Gasteiger partial charge in [-0.2, -0.15) is 0 Å². The Morgan fingerprint density at radius 2 is 1.93 bits per heavy atom. The number of carbonyl (C=O) groups is 1. The number of nitrogens with zero attached hydrogens (tertiary/aromatic N) is 1. The van der Waals surface area contributed by atoms with Gasteiger partial charge in [-0.3, -0.25) is 4.79 Å². The van der Waals surface area contributed by atoms with E-state index >= 15 is 0 Å². The van der Waals surface area contributed by atoms with Gasteiger partial charge in [0.1, 0.15) is 0 Å². The fraction of sp³-hybridized carbons (Fsp3) is 0.368. The number of benzene rings is 1. The molecule has 1 amide bonds. The molecule has 1 aromatic carbocycles. The van der Waals surface area contributed by atoms with Gasteiger partial charge in [-0.05, 0) is 43.2 Å². The molecule has 1 aromatic heterocycles. The summed E-state index contributed by atoms with van der Waals surface area (Å²) in [6.07, 6.45) is 5.58. The van der Waals surface area contributed by atoms with Crippen LogP contribution in [0.2, 0.25) is 5.02 Å². The van der Waals surface area contributed by atoms with Crippen LogP contribution in [0.25, 0.3) is 0 Å². The number of halogens is 1. The molecule has 0 radical (unpaired) electrons. The predicted molar refractivity (Wildman–Crippen MR) is 102 cm³/mol. The fourth-order valence-corrected chi connectivity index (χ4v) is 4.62. The molecule has 0 atom stereocenters. The number of aliphatic hydroxyl groups is 1. The van der Waals surface area contributed by atoms with Crippen LogP contribution < -0.4 is 5.32 Å². The Hall–Kier alpha value is -1.96. The number of hydrogen-bond acceptors (Lipinski definition) is 5. The Morgan fingerprint density at radius 1 is 1.19 bits per heavy atom. The summed E-state index contributed by atoms with van der Waals surface area (Å²) in [5, 5.41) is 13.2.